The lowest BCUT2D eigenvalue weighted by molar-refractivity contribution is -0.132. The van der Waals surface area contributed by atoms with Crippen molar-refractivity contribution in [3.05, 3.63) is 68.6 Å². The van der Waals surface area contributed by atoms with Crippen molar-refractivity contribution in [3.8, 4) is 17.0 Å². The van der Waals surface area contributed by atoms with Gasteiger partial charge in [0, 0.05) is 39.8 Å². The van der Waals surface area contributed by atoms with Crippen LogP contribution < -0.4 is 10.1 Å². The number of rotatable bonds is 13. The van der Waals surface area contributed by atoms with Crippen molar-refractivity contribution >= 4 is 46.0 Å². The van der Waals surface area contributed by atoms with E-state index >= 15 is 0 Å². The van der Waals surface area contributed by atoms with Crippen LogP contribution in [0.25, 0.3) is 17.3 Å². The second kappa shape index (κ2) is 14.3. The van der Waals surface area contributed by atoms with Crippen molar-refractivity contribution in [1.82, 2.24) is 4.98 Å². The van der Waals surface area contributed by atoms with Gasteiger partial charge in [-0.25, -0.2) is 9.78 Å². The number of carboxylic acid groups (broad SMARTS) is 1. The number of ether oxygens (including phenoxy) is 2. The number of aryl methyl sites for hydroxylation is 1. The highest BCUT2D eigenvalue weighted by molar-refractivity contribution is 7.14. The number of hydrogen-bond acceptors (Lipinski definition) is 6. The van der Waals surface area contributed by atoms with Gasteiger partial charge in [0.25, 0.3) is 5.91 Å². The predicted molar refractivity (Wildman–Crippen MR) is 158 cm³/mol. The zero-order chi connectivity index (χ0) is 28.5. The molecule has 208 valence electrons. The summed E-state index contributed by atoms with van der Waals surface area (Å²) in [7, 11) is 3.36. The maximum absolute atomic E-state index is 13.0. The normalized spacial score (nSPS) is 12.3. The molecule has 2 N–H and O–H groups in total. The molecule has 0 spiro atoms. The Labute approximate surface area is 238 Å². The third-order valence-corrected chi connectivity index (χ3v) is 7.57. The lowest BCUT2D eigenvalue weighted by Gasteiger charge is -2.20. The van der Waals surface area contributed by atoms with Crippen LogP contribution in [0.4, 0.5) is 5.13 Å². The van der Waals surface area contributed by atoms with E-state index in [0.717, 1.165) is 24.0 Å². The molecule has 39 heavy (non-hydrogen) atoms. The van der Waals surface area contributed by atoms with Gasteiger partial charge in [0.05, 0.1) is 18.9 Å². The van der Waals surface area contributed by atoms with Crippen LogP contribution in [-0.2, 0) is 9.53 Å². The first-order chi connectivity index (χ1) is 18.7. The highest BCUT2D eigenvalue weighted by atomic mass is 35.5. The number of carbonyl (C=O) groups excluding carboxylic acids is 1. The Hall–Kier alpha value is -3.20. The minimum absolute atomic E-state index is 0.0837. The molecule has 0 saturated heterocycles. The molecule has 9 heteroatoms. The molecule has 0 aliphatic carbocycles. The smallest absolute Gasteiger partial charge is 0.331 e. The molecule has 0 bridgehead atoms. The van der Waals surface area contributed by atoms with Crippen LogP contribution in [0.3, 0.4) is 0 Å². The second-order valence-corrected chi connectivity index (χ2v) is 10.6. The molecule has 2 aromatic carbocycles. The number of unbranched alkanes of at least 4 members (excludes halogenated alkanes) is 3. The molecular formula is C30H35ClN2O5S. The summed E-state index contributed by atoms with van der Waals surface area (Å²) in [5.74, 6) is -0.678. The van der Waals surface area contributed by atoms with E-state index in [9.17, 15) is 9.59 Å². The summed E-state index contributed by atoms with van der Waals surface area (Å²) in [6, 6.07) is 9.14. The Bertz CT molecular complexity index is 1330. The topological polar surface area (TPSA) is 97.8 Å². The number of nitrogens with one attached hydrogen (secondary N) is 1. The number of carboxylic acids is 1. The number of aliphatic carboxylic acids is 1. The van der Waals surface area contributed by atoms with Crippen molar-refractivity contribution < 1.29 is 24.2 Å². The molecule has 0 aliphatic rings. The highest BCUT2D eigenvalue weighted by Gasteiger charge is 2.21. The van der Waals surface area contributed by atoms with E-state index in [2.05, 4.69) is 17.2 Å². The number of para-hydroxylation sites is 1. The molecule has 1 atom stereocenters. The fraction of sp³-hybridized carbons (Fsp3) is 0.367. The van der Waals surface area contributed by atoms with Crippen LogP contribution in [0.1, 0.15) is 79.1 Å². The van der Waals surface area contributed by atoms with Crippen molar-refractivity contribution in [1.29, 1.82) is 0 Å². The lowest BCUT2D eigenvalue weighted by Crippen LogP contribution is -2.12. The van der Waals surface area contributed by atoms with Crippen molar-refractivity contribution in [2.24, 2.45) is 0 Å². The summed E-state index contributed by atoms with van der Waals surface area (Å²) < 4.78 is 11.6. The highest BCUT2D eigenvalue weighted by Crippen LogP contribution is 2.39. The van der Waals surface area contributed by atoms with Gasteiger partial charge in [-0.05, 0) is 55.7 Å². The summed E-state index contributed by atoms with van der Waals surface area (Å²) in [6.07, 6.45) is 6.95. The quantitative estimate of drug-likeness (QED) is 0.159. The van der Waals surface area contributed by atoms with E-state index in [4.69, 9.17) is 26.2 Å². The summed E-state index contributed by atoms with van der Waals surface area (Å²) in [5, 5.41) is 14.6. The van der Waals surface area contributed by atoms with E-state index in [-0.39, 0.29) is 17.6 Å². The first kappa shape index (κ1) is 30.3. The zero-order valence-corrected chi connectivity index (χ0v) is 24.5. The summed E-state index contributed by atoms with van der Waals surface area (Å²) in [4.78, 5) is 28.8. The minimum Gasteiger partial charge on any atom is -0.496 e. The molecule has 0 fully saturated rings. The van der Waals surface area contributed by atoms with Gasteiger partial charge in [0.15, 0.2) is 5.13 Å². The van der Waals surface area contributed by atoms with E-state index in [1.54, 1.807) is 27.2 Å². The number of carbonyl (C=O) groups is 2. The number of nitrogens with zero attached hydrogens (tertiary/aromatic N) is 1. The van der Waals surface area contributed by atoms with E-state index in [1.807, 2.05) is 23.6 Å². The Morgan fingerprint density at radius 1 is 1.21 bits per heavy atom. The first-order valence-electron chi connectivity index (χ1n) is 12.9. The van der Waals surface area contributed by atoms with Gasteiger partial charge < -0.3 is 14.6 Å². The largest absolute Gasteiger partial charge is 0.496 e. The maximum Gasteiger partial charge on any atom is 0.331 e. The Kier molecular flexibility index (Phi) is 11.1. The number of aromatic nitrogens is 1. The Morgan fingerprint density at radius 2 is 1.97 bits per heavy atom. The van der Waals surface area contributed by atoms with E-state index in [1.165, 1.54) is 49.7 Å². The van der Waals surface area contributed by atoms with Gasteiger partial charge in [-0.2, -0.15) is 0 Å². The van der Waals surface area contributed by atoms with Crippen molar-refractivity contribution in [2.75, 3.05) is 19.5 Å². The number of anilines is 1. The van der Waals surface area contributed by atoms with Gasteiger partial charge in [0.1, 0.15) is 5.75 Å². The molecule has 1 amide bonds. The number of halogens is 1. The molecular weight excluding hydrogens is 536 g/mol. The summed E-state index contributed by atoms with van der Waals surface area (Å²) >= 11 is 7.70. The van der Waals surface area contributed by atoms with Gasteiger partial charge in [-0.1, -0.05) is 56.3 Å². The van der Waals surface area contributed by atoms with Crippen LogP contribution in [0.5, 0.6) is 5.75 Å². The first-order valence-corrected chi connectivity index (χ1v) is 14.1. The van der Waals surface area contributed by atoms with Crippen LogP contribution >= 0.6 is 22.9 Å². The minimum atomic E-state index is -1.03. The second-order valence-electron chi connectivity index (χ2n) is 9.31. The number of hydrogen-bond donors (Lipinski definition) is 2. The van der Waals surface area contributed by atoms with Crippen LogP contribution in [-0.4, -0.2) is 36.2 Å². The zero-order valence-electron chi connectivity index (χ0n) is 23.0. The summed E-state index contributed by atoms with van der Waals surface area (Å²) in [6.45, 7) is 5.47. The average molecular weight is 571 g/mol. The summed E-state index contributed by atoms with van der Waals surface area (Å²) in [5.41, 5.74) is 4.25. The molecule has 1 heterocycles. The van der Waals surface area contributed by atoms with Crippen molar-refractivity contribution in [3.63, 3.8) is 0 Å². The molecule has 0 aliphatic heterocycles. The average Bonchev–Trinajstić information content (AvgIpc) is 3.38. The van der Waals surface area contributed by atoms with Gasteiger partial charge in [-0.15, -0.1) is 11.3 Å². The third-order valence-electron chi connectivity index (χ3n) is 6.50. The molecule has 3 rings (SSSR count). The molecule has 3 aromatic rings. The number of benzene rings is 2. The molecule has 1 unspecified atom stereocenters. The fourth-order valence-corrected chi connectivity index (χ4v) is 5.39. The number of thiazole rings is 1. The standard InChI is InChI=1S/C30H35ClN2O5S/c1-6-7-8-9-13-26(37-4)22-12-10-11-21(27(22)38-5)25-17-39-30(32-25)33-28(34)20-14-18(2)23(24(31)16-20)15-19(3)29(35)36/h10-12,14-17,26H,6-9,13H2,1-5H3,(H,35,36)(H,32,33,34)/b19-15+. The van der Waals surface area contributed by atoms with Crippen molar-refractivity contribution in [2.45, 2.75) is 59.0 Å². The van der Waals surface area contributed by atoms with Crippen LogP contribution in [0, 0.1) is 6.92 Å². The molecule has 1 aromatic heterocycles. The molecule has 7 nitrogen and oxygen atoms in total. The molecule has 0 radical (unpaired) electrons. The van der Waals surface area contributed by atoms with E-state index in [0.29, 0.717) is 38.3 Å². The Morgan fingerprint density at radius 3 is 2.62 bits per heavy atom. The van der Waals surface area contributed by atoms with Crippen LogP contribution in [0.15, 0.2) is 41.3 Å². The van der Waals surface area contributed by atoms with Crippen LogP contribution in [0.2, 0.25) is 5.02 Å². The lowest BCUT2D eigenvalue weighted by atomic mass is 9.98. The predicted octanol–water partition coefficient (Wildman–Crippen LogP) is 8.18. The van der Waals surface area contributed by atoms with E-state index < -0.39 is 5.97 Å². The fourth-order valence-electron chi connectivity index (χ4n) is 4.37. The maximum atomic E-state index is 13.0. The monoisotopic (exact) mass is 570 g/mol. The Balaban J connectivity index is 1.82. The number of amides is 1. The SMILES string of the molecule is CCCCCCC(OC)c1cccc(-c2csc(NC(=O)c3cc(C)c(/C=C(\C)C(=O)O)c(Cl)c3)n2)c1OC. The third kappa shape index (κ3) is 7.68. The van der Waals surface area contributed by atoms with Gasteiger partial charge in [-0.3, -0.25) is 10.1 Å². The van der Waals surface area contributed by atoms with Gasteiger partial charge in [0.2, 0.25) is 0 Å². The molecule has 0 saturated carbocycles. The van der Waals surface area contributed by atoms with Gasteiger partial charge >= 0.3 is 5.97 Å². The number of methoxy groups -OCH3 is 2.